The molecule has 1 heterocycles. The molecule has 0 aliphatic carbocycles. The Morgan fingerprint density at radius 2 is 2.00 bits per heavy atom. The summed E-state index contributed by atoms with van der Waals surface area (Å²) in [7, 11) is 0. The Labute approximate surface area is 119 Å². The first-order chi connectivity index (χ1) is 9.69. The highest BCUT2D eigenvalue weighted by atomic mass is 19.1. The Morgan fingerprint density at radius 1 is 1.15 bits per heavy atom. The van der Waals surface area contributed by atoms with Gasteiger partial charge in [0.05, 0.1) is 0 Å². The second kappa shape index (κ2) is 5.25. The Bertz CT molecular complexity index is 637. The zero-order valence-corrected chi connectivity index (χ0v) is 11.7. The van der Waals surface area contributed by atoms with Crippen LogP contribution < -0.4 is 10.6 Å². The second-order valence-electron chi connectivity index (χ2n) is 5.33. The van der Waals surface area contributed by atoms with Crippen LogP contribution >= 0.6 is 0 Å². The van der Waals surface area contributed by atoms with Gasteiger partial charge in [-0.3, -0.25) is 0 Å². The van der Waals surface area contributed by atoms with E-state index in [0.29, 0.717) is 6.54 Å². The van der Waals surface area contributed by atoms with Crippen LogP contribution in [0.4, 0.5) is 15.8 Å². The third-order valence-corrected chi connectivity index (χ3v) is 3.93. The fourth-order valence-corrected chi connectivity index (χ4v) is 2.95. The quantitative estimate of drug-likeness (QED) is 0.927. The van der Waals surface area contributed by atoms with Crippen molar-refractivity contribution in [1.82, 2.24) is 0 Å². The summed E-state index contributed by atoms with van der Waals surface area (Å²) in [6.45, 7) is 3.68. The highest BCUT2D eigenvalue weighted by Gasteiger charge is 2.22. The molecule has 0 radical (unpaired) electrons. The minimum Gasteiger partial charge on any atom is -0.341 e. The van der Waals surface area contributed by atoms with Gasteiger partial charge in [0.25, 0.3) is 0 Å². The molecule has 0 saturated carbocycles. The Kier molecular flexibility index (Phi) is 3.45. The lowest BCUT2D eigenvalue weighted by molar-refractivity contribution is 0.628. The number of rotatable bonds is 3. The monoisotopic (exact) mass is 270 g/mol. The zero-order chi connectivity index (χ0) is 14.1. The molecule has 20 heavy (non-hydrogen) atoms. The maximum atomic E-state index is 13.5. The van der Waals surface area contributed by atoms with Crippen molar-refractivity contribution in [3.05, 3.63) is 58.9 Å². The van der Waals surface area contributed by atoms with E-state index < -0.39 is 0 Å². The number of benzene rings is 2. The molecular weight excluding hydrogens is 251 g/mol. The van der Waals surface area contributed by atoms with Crippen molar-refractivity contribution in [3.8, 4) is 0 Å². The van der Waals surface area contributed by atoms with Crippen LogP contribution in [0.1, 0.15) is 16.7 Å². The lowest BCUT2D eigenvalue weighted by Gasteiger charge is -2.22. The average Bonchev–Trinajstić information content (AvgIpc) is 2.82. The molecule has 3 heteroatoms. The summed E-state index contributed by atoms with van der Waals surface area (Å²) >= 11 is 0. The van der Waals surface area contributed by atoms with Crippen molar-refractivity contribution < 1.29 is 4.39 Å². The van der Waals surface area contributed by atoms with E-state index in [1.54, 1.807) is 12.1 Å². The number of anilines is 2. The molecule has 0 aromatic heterocycles. The van der Waals surface area contributed by atoms with Gasteiger partial charge < -0.3 is 10.6 Å². The van der Waals surface area contributed by atoms with Gasteiger partial charge >= 0.3 is 0 Å². The number of hydrogen-bond donors (Lipinski definition) is 1. The van der Waals surface area contributed by atoms with Crippen molar-refractivity contribution in [2.75, 3.05) is 18.0 Å². The maximum absolute atomic E-state index is 13.5. The minimum atomic E-state index is -0.173. The number of fused-ring (bicyclic) bond motifs is 1. The Morgan fingerprint density at radius 3 is 2.75 bits per heavy atom. The molecule has 0 atom stereocenters. The molecule has 2 nitrogen and oxygen atoms in total. The molecule has 0 saturated heterocycles. The van der Waals surface area contributed by atoms with Crippen LogP contribution in [-0.2, 0) is 12.8 Å². The van der Waals surface area contributed by atoms with Crippen LogP contribution in [0.25, 0.3) is 0 Å². The molecule has 0 amide bonds. The molecule has 1 aliphatic rings. The molecule has 2 N–H and O–H groups in total. The average molecular weight is 270 g/mol. The normalized spacial score (nSPS) is 13.7. The van der Waals surface area contributed by atoms with Gasteiger partial charge in [-0.2, -0.15) is 0 Å². The molecule has 2 aromatic carbocycles. The SMILES string of the molecule is Cc1cc(CCN)ccc1N1CCc2ccc(F)cc21. The number of hydrogen-bond acceptors (Lipinski definition) is 2. The van der Waals surface area contributed by atoms with Crippen LogP contribution in [0.5, 0.6) is 0 Å². The topological polar surface area (TPSA) is 29.3 Å². The number of halogens is 1. The van der Waals surface area contributed by atoms with Gasteiger partial charge in [-0.05, 0) is 61.2 Å². The van der Waals surface area contributed by atoms with Gasteiger partial charge in [0.2, 0.25) is 0 Å². The number of nitrogens with zero attached hydrogens (tertiary/aromatic N) is 1. The van der Waals surface area contributed by atoms with Crippen molar-refractivity contribution in [1.29, 1.82) is 0 Å². The van der Waals surface area contributed by atoms with Crippen molar-refractivity contribution >= 4 is 11.4 Å². The second-order valence-corrected chi connectivity index (χ2v) is 5.33. The van der Waals surface area contributed by atoms with Crippen LogP contribution in [-0.4, -0.2) is 13.1 Å². The maximum Gasteiger partial charge on any atom is 0.125 e. The Hall–Kier alpha value is -1.87. The standard InChI is InChI=1S/C17H19FN2/c1-12-10-13(6-8-19)2-5-16(12)20-9-7-14-3-4-15(18)11-17(14)20/h2-5,10-11H,6-9,19H2,1H3. The summed E-state index contributed by atoms with van der Waals surface area (Å²) in [4.78, 5) is 2.21. The Balaban J connectivity index is 1.98. The van der Waals surface area contributed by atoms with Crippen LogP contribution in [0, 0.1) is 12.7 Å². The lowest BCUT2D eigenvalue weighted by Crippen LogP contribution is -2.15. The first-order valence-electron chi connectivity index (χ1n) is 7.04. The summed E-state index contributed by atoms with van der Waals surface area (Å²) < 4.78 is 13.5. The highest BCUT2D eigenvalue weighted by Crippen LogP contribution is 2.36. The first-order valence-corrected chi connectivity index (χ1v) is 7.04. The summed E-state index contributed by atoms with van der Waals surface area (Å²) in [5.74, 6) is -0.173. The first kappa shape index (κ1) is 13.1. The van der Waals surface area contributed by atoms with Crippen LogP contribution in [0.3, 0.4) is 0 Å². The van der Waals surface area contributed by atoms with E-state index in [1.807, 2.05) is 6.07 Å². The molecular formula is C17H19FN2. The van der Waals surface area contributed by atoms with E-state index in [2.05, 4.69) is 30.0 Å². The van der Waals surface area contributed by atoms with Crippen molar-refractivity contribution in [3.63, 3.8) is 0 Å². The van der Waals surface area contributed by atoms with E-state index in [1.165, 1.54) is 16.7 Å². The van der Waals surface area contributed by atoms with Crippen molar-refractivity contribution in [2.45, 2.75) is 19.8 Å². The van der Waals surface area contributed by atoms with E-state index in [0.717, 1.165) is 30.8 Å². The summed E-state index contributed by atoms with van der Waals surface area (Å²) in [5, 5.41) is 0. The lowest BCUT2D eigenvalue weighted by atomic mass is 10.1. The van der Waals surface area contributed by atoms with Gasteiger partial charge in [-0.15, -0.1) is 0 Å². The summed E-state index contributed by atoms with van der Waals surface area (Å²) in [6, 6.07) is 11.5. The van der Waals surface area contributed by atoms with E-state index in [4.69, 9.17) is 5.73 Å². The summed E-state index contributed by atoms with van der Waals surface area (Å²) in [6.07, 6.45) is 1.87. The fraction of sp³-hybridized carbons (Fsp3) is 0.294. The zero-order valence-electron chi connectivity index (χ0n) is 11.7. The molecule has 0 unspecified atom stereocenters. The number of aryl methyl sites for hydroxylation is 1. The minimum absolute atomic E-state index is 0.173. The third kappa shape index (κ3) is 2.29. The molecule has 104 valence electrons. The van der Waals surface area contributed by atoms with Gasteiger partial charge in [0.15, 0.2) is 0 Å². The fourth-order valence-electron chi connectivity index (χ4n) is 2.95. The van der Waals surface area contributed by atoms with Crippen LogP contribution in [0.15, 0.2) is 36.4 Å². The predicted molar refractivity (Wildman–Crippen MR) is 81.0 cm³/mol. The van der Waals surface area contributed by atoms with E-state index >= 15 is 0 Å². The van der Waals surface area contributed by atoms with Crippen molar-refractivity contribution in [2.24, 2.45) is 5.73 Å². The smallest absolute Gasteiger partial charge is 0.125 e. The van der Waals surface area contributed by atoms with E-state index in [9.17, 15) is 4.39 Å². The molecule has 2 aromatic rings. The van der Waals surface area contributed by atoms with Gasteiger partial charge in [-0.1, -0.05) is 18.2 Å². The molecule has 0 fully saturated rings. The largest absolute Gasteiger partial charge is 0.341 e. The highest BCUT2D eigenvalue weighted by molar-refractivity contribution is 5.72. The summed E-state index contributed by atoms with van der Waals surface area (Å²) in [5.41, 5.74) is 11.5. The van der Waals surface area contributed by atoms with Gasteiger partial charge in [0.1, 0.15) is 5.82 Å². The van der Waals surface area contributed by atoms with E-state index in [-0.39, 0.29) is 5.82 Å². The third-order valence-electron chi connectivity index (χ3n) is 3.93. The van der Waals surface area contributed by atoms with Crippen LogP contribution in [0.2, 0.25) is 0 Å². The molecule has 1 aliphatic heterocycles. The van der Waals surface area contributed by atoms with Gasteiger partial charge in [-0.25, -0.2) is 4.39 Å². The number of nitrogens with two attached hydrogens (primary N) is 1. The molecule has 3 rings (SSSR count). The predicted octanol–water partition coefficient (Wildman–Crippen LogP) is 3.33. The molecule has 0 spiro atoms. The van der Waals surface area contributed by atoms with Gasteiger partial charge in [0, 0.05) is 17.9 Å². The molecule has 0 bridgehead atoms.